The monoisotopic (exact) mass is 334 g/mol. The van der Waals surface area contributed by atoms with E-state index < -0.39 is 0 Å². The van der Waals surface area contributed by atoms with Gasteiger partial charge < -0.3 is 9.88 Å². The number of carbonyl (C=O) groups is 1. The molecule has 0 fully saturated rings. The van der Waals surface area contributed by atoms with Crippen LogP contribution in [0.3, 0.4) is 0 Å². The molecule has 0 radical (unpaired) electrons. The van der Waals surface area contributed by atoms with Gasteiger partial charge in [0.2, 0.25) is 0 Å². The average molecular weight is 334 g/mol. The van der Waals surface area contributed by atoms with Gasteiger partial charge >= 0.3 is 0 Å². The van der Waals surface area contributed by atoms with Crippen LogP contribution in [0.15, 0.2) is 67.5 Å². The second kappa shape index (κ2) is 7.75. The number of aromatic nitrogens is 3. The van der Waals surface area contributed by atoms with E-state index in [1.807, 2.05) is 47.3 Å². The fraction of sp³-hybridized carbons (Fsp3) is 0.250. The summed E-state index contributed by atoms with van der Waals surface area (Å²) in [4.78, 5) is 20.8. The summed E-state index contributed by atoms with van der Waals surface area (Å²) in [6.45, 7) is 4.89. The predicted molar refractivity (Wildman–Crippen MR) is 97.7 cm³/mol. The molecule has 1 N–H and O–H groups in total. The van der Waals surface area contributed by atoms with Crippen LogP contribution in [0.4, 0.5) is 0 Å². The topological polar surface area (TPSA) is 59.8 Å². The zero-order valence-electron chi connectivity index (χ0n) is 14.5. The molecule has 0 bridgehead atoms. The maximum atomic E-state index is 12.6. The first-order chi connectivity index (χ1) is 12.1. The fourth-order valence-corrected chi connectivity index (χ4v) is 2.86. The summed E-state index contributed by atoms with van der Waals surface area (Å²) in [6.07, 6.45) is 8.92. The standard InChI is InChI=1S/C20H22N4O/c1-15(2)19(17-6-4-8-21-12-17)13-23-20(25)16-5-3-7-18(11-16)24-10-9-22-14-24/h3-12,14-15,19H,13H2,1-2H3,(H,23,25). The molecule has 5 nitrogen and oxygen atoms in total. The second-order valence-corrected chi connectivity index (χ2v) is 6.37. The summed E-state index contributed by atoms with van der Waals surface area (Å²) >= 11 is 0. The van der Waals surface area contributed by atoms with Gasteiger partial charge in [-0.3, -0.25) is 9.78 Å². The number of imidazole rings is 1. The summed E-state index contributed by atoms with van der Waals surface area (Å²) < 4.78 is 1.88. The van der Waals surface area contributed by atoms with Crippen LogP contribution in [-0.2, 0) is 0 Å². The van der Waals surface area contributed by atoms with Gasteiger partial charge in [-0.1, -0.05) is 26.0 Å². The quantitative estimate of drug-likeness (QED) is 0.751. The van der Waals surface area contributed by atoms with Crippen molar-refractivity contribution in [2.24, 2.45) is 5.92 Å². The van der Waals surface area contributed by atoms with Crippen molar-refractivity contribution in [2.75, 3.05) is 6.54 Å². The normalized spacial score (nSPS) is 12.1. The van der Waals surface area contributed by atoms with E-state index in [1.165, 1.54) is 0 Å². The van der Waals surface area contributed by atoms with Crippen LogP contribution in [-0.4, -0.2) is 27.0 Å². The third kappa shape index (κ3) is 4.12. The first-order valence-corrected chi connectivity index (χ1v) is 8.41. The van der Waals surface area contributed by atoms with Gasteiger partial charge in [-0.25, -0.2) is 4.98 Å². The summed E-state index contributed by atoms with van der Waals surface area (Å²) in [7, 11) is 0. The number of rotatable bonds is 6. The Balaban J connectivity index is 1.71. The first kappa shape index (κ1) is 16.9. The number of hydrogen-bond acceptors (Lipinski definition) is 3. The van der Waals surface area contributed by atoms with Gasteiger partial charge in [-0.05, 0) is 35.7 Å². The highest BCUT2D eigenvalue weighted by molar-refractivity contribution is 5.94. The van der Waals surface area contributed by atoms with Gasteiger partial charge in [0.25, 0.3) is 5.91 Å². The van der Waals surface area contributed by atoms with E-state index in [-0.39, 0.29) is 11.8 Å². The smallest absolute Gasteiger partial charge is 0.251 e. The molecule has 1 atom stereocenters. The Morgan fingerprint density at radius 2 is 2.04 bits per heavy atom. The Bertz CT molecular complexity index is 813. The molecule has 0 aliphatic heterocycles. The predicted octanol–water partition coefficient (Wildman–Crippen LogP) is 3.44. The van der Waals surface area contributed by atoms with Gasteiger partial charge in [0, 0.05) is 48.5 Å². The van der Waals surface area contributed by atoms with Crippen LogP contribution in [0.2, 0.25) is 0 Å². The van der Waals surface area contributed by atoms with E-state index in [4.69, 9.17) is 0 Å². The molecule has 1 amide bonds. The van der Waals surface area contributed by atoms with Crippen molar-refractivity contribution >= 4 is 5.91 Å². The molecule has 0 saturated heterocycles. The van der Waals surface area contributed by atoms with Crippen LogP contribution in [0.25, 0.3) is 5.69 Å². The Morgan fingerprint density at radius 3 is 2.72 bits per heavy atom. The Labute approximate surface area is 147 Å². The summed E-state index contributed by atoms with van der Waals surface area (Å²) in [6, 6.07) is 11.5. The third-order valence-electron chi connectivity index (χ3n) is 4.31. The molecule has 3 rings (SSSR count). The lowest BCUT2D eigenvalue weighted by Gasteiger charge is -2.21. The molecule has 128 valence electrons. The van der Waals surface area contributed by atoms with Gasteiger partial charge in [-0.15, -0.1) is 0 Å². The third-order valence-corrected chi connectivity index (χ3v) is 4.31. The van der Waals surface area contributed by atoms with Gasteiger partial charge in [0.05, 0.1) is 6.33 Å². The van der Waals surface area contributed by atoms with Crippen LogP contribution in [0.5, 0.6) is 0 Å². The first-order valence-electron chi connectivity index (χ1n) is 8.41. The zero-order valence-corrected chi connectivity index (χ0v) is 14.5. The molecule has 2 aromatic heterocycles. The molecule has 1 unspecified atom stereocenters. The average Bonchev–Trinajstić information content (AvgIpc) is 3.17. The van der Waals surface area contributed by atoms with Crippen molar-refractivity contribution in [1.82, 2.24) is 19.9 Å². The van der Waals surface area contributed by atoms with E-state index in [0.717, 1.165) is 11.3 Å². The number of nitrogens with zero attached hydrogens (tertiary/aromatic N) is 3. The molecule has 25 heavy (non-hydrogen) atoms. The lowest BCUT2D eigenvalue weighted by Crippen LogP contribution is -2.30. The molecule has 3 aromatic rings. The molecular formula is C20H22N4O. The van der Waals surface area contributed by atoms with Crippen LogP contribution < -0.4 is 5.32 Å². The van der Waals surface area contributed by atoms with Crippen LogP contribution >= 0.6 is 0 Å². The maximum Gasteiger partial charge on any atom is 0.251 e. The largest absolute Gasteiger partial charge is 0.351 e. The molecular weight excluding hydrogens is 312 g/mol. The Morgan fingerprint density at radius 1 is 1.16 bits per heavy atom. The van der Waals surface area contributed by atoms with Crippen molar-refractivity contribution in [2.45, 2.75) is 19.8 Å². The fourth-order valence-electron chi connectivity index (χ4n) is 2.86. The lowest BCUT2D eigenvalue weighted by molar-refractivity contribution is 0.0949. The maximum absolute atomic E-state index is 12.6. The van der Waals surface area contributed by atoms with Crippen molar-refractivity contribution in [3.8, 4) is 5.69 Å². The van der Waals surface area contributed by atoms with Crippen molar-refractivity contribution in [3.63, 3.8) is 0 Å². The zero-order chi connectivity index (χ0) is 17.6. The van der Waals surface area contributed by atoms with Crippen molar-refractivity contribution < 1.29 is 4.79 Å². The molecule has 5 heteroatoms. The molecule has 1 aromatic carbocycles. The van der Waals surface area contributed by atoms with E-state index >= 15 is 0 Å². The van der Waals surface area contributed by atoms with E-state index in [1.54, 1.807) is 18.7 Å². The van der Waals surface area contributed by atoms with Gasteiger partial charge in [0.15, 0.2) is 0 Å². The number of hydrogen-bond donors (Lipinski definition) is 1. The minimum absolute atomic E-state index is 0.0727. The number of pyridine rings is 1. The van der Waals surface area contributed by atoms with E-state index in [9.17, 15) is 4.79 Å². The number of amides is 1. The lowest BCUT2D eigenvalue weighted by atomic mass is 9.89. The van der Waals surface area contributed by atoms with Crippen LogP contribution in [0, 0.1) is 5.92 Å². The number of benzene rings is 1. The summed E-state index contributed by atoms with van der Waals surface area (Å²) in [5, 5.41) is 3.06. The SMILES string of the molecule is CC(C)C(CNC(=O)c1cccc(-n2ccnc2)c1)c1cccnc1. The number of carbonyl (C=O) groups excluding carboxylic acids is 1. The van der Waals surface area contributed by atoms with Crippen LogP contribution in [0.1, 0.15) is 35.7 Å². The molecule has 2 heterocycles. The summed E-state index contributed by atoms with van der Waals surface area (Å²) in [5.41, 5.74) is 2.70. The summed E-state index contributed by atoms with van der Waals surface area (Å²) in [5.74, 6) is 0.563. The minimum atomic E-state index is -0.0727. The number of nitrogens with one attached hydrogen (secondary N) is 1. The highest BCUT2D eigenvalue weighted by Crippen LogP contribution is 2.23. The van der Waals surface area contributed by atoms with E-state index in [0.29, 0.717) is 18.0 Å². The molecule has 0 spiro atoms. The Hall–Kier alpha value is -2.95. The van der Waals surface area contributed by atoms with Gasteiger partial charge in [-0.2, -0.15) is 0 Å². The second-order valence-electron chi connectivity index (χ2n) is 6.37. The van der Waals surface area contributed by atoms with Crippen molar-refractivity contribution in [1.29, 1.82) is 0 Å². The molecule has 0 aliphatic carbocycles. The molecule has 0 aliphatic rings. The van der Waals surface area contributed by atoms with Crippen molar-refractivity contribution in [3.05, 3.63) is 78.6 Å². The Kier molecular flexibility index (Phi) is 5.23. The van der Waals surface area contributed by atoms with Gasteiger partial charge in [0.1, 0.15) is 0 Å². The minimum Gasteiger partial charge on any atom is -0.351 e. The highest BCUT2D eigenvalue weighted by atomic mass is 16.1. The highest BCUT2D eigenvalue weighted by Gasteiger charge is 2.17. The molecule has 0 saturated carbocycles. The van der Waals surface area contributed by atoms with E-state index in [2.05, 4.69) is 35.2 Å².